The van der Waals surface area contributed by atoms with E-state index >= 15 is 0 Å². The maximum absolute atomic E-state index is 11.2. The monoisotopic (exact) mass is 205 g/mol. The lowest BCUT2D eigenvalue weighted by Gasteiger charge is -2.12. The number of anilines is 1. The van der Waals surface area contributed by atoms with Gasteiger partial charge in [0, 0.05) is 12.1 Å². The fourth-order valence-corrected chi connectivity index (χ4v) is 1.77. The molecule has 0 bridgehead atoms. The van der Waals surface area contributed by atoms with Crippen LogP contribution in [0.3, 0.4) is 0 Å². The molecule has 0 spiro atoms. The number of carbonyl (C=O) groups is 1. The summed E-state index contributed by atoms with van der Waals surface area (Å²) in [7, 11) is 0. The molecule has 0 saturated carbocycles. The summed E-state index contributed by atoms with van der Waals surface area (Å²) in [6.45, 7) is 8.54. The van der Waals surface area contributed by atoms with Gasteiger partial charge in [-0.15, -0.1) is 0 Å². The quantitative estimate of drug-likeness (QED) is 0.818. The number of hydrogen-bond donors (Lipinski definition) is 1. The first-order valence-electron chi connectivity index (χ1n) is 5.38. The number of benzene rings is 1. The molecule has 0 aliphatic carbocycles. The van der Waals surface area contributed by atoms with Crippen molar-refractivity contribution in [3.8, 4) is 0 Å². The molecule has 0 fully saturated rings. The van der Waals surface area contributed by atoms with E-state index in [0.29, 0.717) is 13.0 Å². The predicted molar refractivity (Wildman–Crippen MR) is 64.4 cm³/mol. The first-order valence-corrected chi connectivity index (χ1v) is 5.38. The van der Waals surface area contributed by atoms with Crippen LogP contribution in [0, 0.1) is 20.8 Å². The van der Waals surface area contributed by atoms with Crippen LogP contribution < -0.4 is 5.32 Å². The SMILES string of the molecule is CCC(=O)CNc1c(C)cc(C)cc1C. The predicted octanol–water partition coefficient (Wildman–Crippen LogP) is 3.00. The van der Waals surface area contributed by atoms with Gasteiger partial charge in [0.1, 0.15) is 0 Å². The maximum Gasteiger partial charge on any atom is 0.151 e. The Kier molecular flexibility index (Phi) is 3.89. The Hall–Kier alpha value is -1.31. The molecule has 1 N–H and O–H groups in total. The van der Waals surface area contributed by atoms with Gasteiger partial charge in [-0.05, 0) is 31.9 Å². The molecule has 0 atom stereocenters. The number of Topliss-reactive ketones (excluding diaryl/α,β-unsaturated/α-hetero) is 1. The number of hydrogen-bond acceptors (Lipinski definition) is 2. The van der Waals surface area contributed by atoms with Gasteiger partial charge in [-0.3, -0.25) is 4.79 Å². The van der Waals surface area contributed by atoms with Gasteiger partial charge in [0.25, 0.3) is 0 Å². The van der Waals surface area contributed by atoms with Crippen molar-refractivity contribution < 1.29 is 4.79 Å². The summed E-state index contributed by atoms with van der Waals surface area (Å²) >= 11 is 0. The highest BCUT2D eigenvalue weighted by Gasteiger charge is 2.04. The molecule has 2 heteroatoms. The van der Waals surface area contributed by atoms with Gasteiger partial charge in [0.15, 0.2) is 5.78 Å². The van der Waals surface area contributed by atoms with Crippen molar-refractivity contribution in [3.05, 3.63) is 28.8 Å². The Morgan fingerprint density at radius 3 is 2.20 bits per heavy atom. The van der Waals surface area contributed by atoms with Crippen molar-refractivity contribution in [1.82, 2.24) is 0 Å². The van der Waals surface area contributed by atoms with E-state index in [1.165, 1.54) is 16.7 Å². The fourth-order valence-electron chi connectivity index (χ4n) is 1.77. The molecule has 0 unspecified atom stereocenters. The molecule has 2 nitrogen and oxygen atoms in total. The Labute approximate surface area is 91.7 Å². The standard InChI is InChI=1S/C13H19NO/c1-5-12(15)8-14-13-10(3)6-9(2)7-11(13)4/h6-7,14H,5,8H2,1-4H3. The molecule has 0 heterocycles. The third-order valence-corrected chi connectivity index (χ3v) is 2.53. The number of aryl methyl sites for hydroxylation is 3. The summed E-state index contributed by atoms with van der Waals surface area (Å²) in [5, 5.41) is 3.21. The first kappa shape index (κ1) is 11.8. The van der Waals surface area contributed by atoms with Gasteiger partial charge in [0.05, 0.1) is 6.54 Å². The highest BCUT2D eigenvalue weighted by atomic mass is 16.1. The molecule has 1 rings (SSSR count). The van der Waals surface area contributed by atoms with Crippen LogP contribution in [0.25, 0.3) is 0 Å². The minimum absolute atomic E-state index is 0.245. The molecule has 0 amide bonds. The van der Waals surface area contributed by atoms with Crippen molar-refractivity contribution in [2.75, 3.05) is 11.9 Å². The Morgan fingerprint density at radius 1 is 1.20 bits per heavy atom. The van der Waals surface area contributed by atoms with E-state index in [9.17, 15) is 4.79 Å². The molecule has 0 aromatic heterocycles. The zero-order valence-corrected chi connectivity index (χ0v) is 9.98. The molecule has 1 aromatic carbocycles. The second-order valence-corrected chi connectivity index (χ2v) is 4.02. The van der Waals surface area contributed by atoms with Crippen LogP contribution in [0.4, 0.5) is 5.69 Å². The van der Waals surface area contributed by atoms with Crippen LogP contribution in [0.1, 0.15) is 30.0 Å². The van der Waals surface area contributed by atoms with E-state index in [4.69, 9.17) is 0 Å². The van der Waals surface area contributed by atoms with Gasteiger partial charge in [-0.2, -0.15) is 0 Å². The normalized spacial score (nSPS) is 10.1. The van der Waals surface area contributed by atoms with E-state index in [1.54, 1.807) is 0 Å². The van der Waals surface area contributed by atoms with Gasteiger partial charge in [-0.1, -0.05) is 24.6 Å². The van der Waals surface area contributed by atoms with Gasteiger partial charge in [0.2, 0.25) is 0 Å². The van der Waals surface area contributed by atoms with Crippen LogP contribution in [-0.4, -0.2) is 12.3 Å². The summed E-state index contributed by atoms with van der Waals surface area (Å²) in [4.78, 5) is 11.2. The average molecular weight is 205 g/mol. The van der Waals surface area contributed by atoms with Gasteiger partial charge >= 0.3 is 0 Å². The largest absolute Gasteiger partial charge is 0.378 e. The average Bonchev–Trinajstić information content (AvgIpc) is 2.15. The summed E-state index contributed by atoms with van der Waals surface area (Å²) in [6.07, 6.45) is 0.594. The van der Waals surface area contributed by atoms with Gasteiger partial charge < -0.3 is 5.32 Å². The van der Waals surface area contributed by atoms with Crippen LogP contribution in [0.5, 0.6) is 0 Å². The molecule has 82 valence electrons. The maximum atomic E-state index is 11.2. The van der Waals surface area contributed by atoms with Crippen molar-refractivity contribution in [2.45, 2.75) is 34.1 Å². The van der Waals surface area contributed by atoms with Gasteiger partial charge in [-0.25, -0.2) is 0 Å². The molecule has 0 aliphatic rings. The summed E-state index contributed by atoms with van der Waals surface area (Å²) in [6, 6.07) is 4.26. The zero-order valence-electron chi connectivity index (χ0n) is 9.98. The molecular formula is C13H19NO. The lowest BCUT2D eigenvalue weighted by atomic mass is 10.1. The fraction of sp³-hybridized carbons (Fsp3) is 0.462. The molecule has 0 aliphatic heterocycles. The Bertz CT molecular complexity index is 346. The molecule has 0 radical (unpaired) electrons. The summed E-state index contributed by atoms with van der Waals surface area (Å²) < 4.78 is 0. The van der Waals surface area contributed by atoms with E-state index in [-0.39, 0.29) is 5.78 Å². The molecule has 15 heavy (non-hydrogen) atoms. The molecule has 0 saturated heterocycles. The minimum Gasteiger partial charge on any atom is -0.378 e. The highest BCUT2D eigenvalue weighted by molar-refractivity contribution is 5.83. The van der Waals surface area contributed by atoms with Crippen molar-refractivity contribution in [2.24, 2.45) is 0 Å². The summed E-state index contributed by atoms with van der Waals surface area (Å²) in [5.74, 6) is 0.245. The molecular weight excluding hydrogens is 186 g/mol. The Balaban J connectivity index is 2.81. The third-order valence-electron chi connectivity index (χ3n) is 2.53. The Morgan fingerprint density at radius 2 is 1.73 bits per heavy atom. The van der Waals surface area contributed by atoms with E-state index < -0.39 is 0 Å². The van der Waals surface area contributed by atoms with Crippen LogP contribution in [0.15, 0.2) is 12.1 Å². The lowest BCUT2D eigenvalue weighted by Crippen LogP contribution is -2.14. The highest BCUT2D eigenvalue weighted by Crippen LogP contribution is 2.21. The third kappa shape index (κ3) is 3.08. The topological polar surface area (TPSA) is 29.1 Å². The minimum atomic E-state index is 0.245. The number of nitrogens with one attached hydrogen (secondary N) is 1. The van der Waals surface area contributed by atoms with Crippen molar-refractivity contribution in [1.29, 1.82) is 0 Å². The van der Waals surface area contributed by atoms with E-state index in [0.717, 1.165) is 5.69 Å². The van der Waals surface area contributed by atoms with Crippen LogP contribution in [-0.2, 0) is 4.79 Å². The number of rotatable bonds is 4. The first-order chi connectivity index (χ1) is 7.04. The van der Waals surface area contributed by atoms with Crippen LogP contribution in [0.2, 0.25) is 0 Å². The van der Waals surface area contributed by atoms with E-state index in [1.807, 2.05) is 6.92 Å². The van der Waals surface area contributed by atoms with Crippen molar-refractivity contribution >= 4 is 11.5 Å². The smallest absolute Gasteiger partial charge is 0.151 e. The molecule has 1 aromatic rings. The second-order valence-electron chi connectivity index (χ2n) is 4.02. The lowest BCUT2D eigenvalue weighted by molar-refractivity contribution is -0.117. The zero-order chi connectivity index (χ0) is 11.4. The number of carbonyl (C=O) groups excluding carboxylic acids is 1. The number of ketones is 1. The van der Waals surface area contributed by atoms with E-state index in [2.05, 4.69) is 38.2 Å². The summed E-state index contributed by atoms with van der Waals surface area (Å²) in [5.41, 5.74) is 4.77. The van der Waals surface area contributed by atoms with Crippen LogP contribution >= 0.6 is 0 Å². The second kappa shape index (κ2) is 4.96. The van der Waals surface area contributed by atoms with Crippen molar-refractivity contribution in [3.63, 3.8) is 0 Å².